The first kappa shape index (κ1) is 15.3. The normalized spacial score (nSPS) is 22.4. The van der Waals surface area contributed by atoms with Crippen molar-refractivity contribution in [3.05, 3.63) is 0 Å². The topological polar surface area (TPSA) is 98.7 Å². The minimum atomic E-state index is -1.18. The molecule has 1 rings (SSSR count). The number of carboxylic acids is 1. The maximum absolute atomic E-state index is 11.9. The van der Waals surface area contributed by atoms with E-state index in [1.165, 1.54) is 11.8 Å². The van der Waals surface area contributed by atoms with Crippen LogP contribution in [0.5, 0.6) is 0 Å². The molecule has 0 bridgehead atoms. The van der Waals surface area contributed by atoms with Gasteiger partial charge in [-0.3, -0.25) is 4.79 Å². The number of carbonyl (C=O) groups is 3. The lowest BCUT2D eigenvalue weighted by molar-refractivity contribution is -0.147. The lowest BCUT2D eigenvalue weighted by atomic mass is 10.00. The van der Waals surface area contributed by atoms with Gasteiger partial charge in [-0.05, 0) is 33.6 Å². The van der Waals surface area contributed by atoms with Gasteiger partial charge in [-0.1, -0.05) is 0 Å². The summed E-state index contributed by atoms with van der Waals surface area (Å²) in [7, 11) is 0. The van der Waals surface area contributed by atoms with Crippen molar-refractivity contribution in [3.8, 4) is 0 Å². The fourth-order valence-electron chi connectivity index (χ4n) is 2.14. The Balaban J connectivity index is 2.54. The molecule has 0 aromatic heterocycles. The Morgan fingerprint density at radius 2 is 2.00 bits per heavy atom. The molecule has 1 fully saturated rings. The summed E-state index contributed by atoms with van der Waals surface area (Å²) in [5.41, 5.74) is -1.18. The molecule has 1 aliphatic rings. The van der Waals surface area contributed by atoms with E-state index in [1.807, 2.05) is 13.8 Å². The zero-order valence-corrected chi connectivity index (χ0v) is 11.5. The van der Waals surface area contributed by atoms with E-state index in [2.05, 4.69) is 10.6 Å². The zero-order valence-electron chi connectivity index (χ0n) is 11.5. The van der Waals surface area contributed by atoms with Gasteiger partial charge in [0.15, 0.2) is 0 Å². The maximum atomic E-state index is 11.9. The van der Waals surface area contributed by atoms with E-state index in [0.717, 1.165) is 0 Å². The highest BCUT2D eigenvalue weighted by molar-refractivity contribution is 5.89. The minimum Gasteiger partial charge on any atom is -0.480 e. The molecule has 3 N–H and O–H groups in total. The number of carboxylic acid groups (broad SMARTS) is 1. The molecule has 108 valence electrons. The Kier molecular flexibility index (Phi) is 4.74. The predicted octanol–water partition coefficient (Wildman–Crippen LogP) is 0.160. The second-order valence-electron chi connectivity index (χ2n) is 5.22. The molecule has 0 aromatic carbocycles. The monoisotopic (exact) mass is 271 g/mol. The number of urea groups is 1. The molecule has 19 heavy (non-hydrogen) atoms. The van der Waals surface area contributed by atoms with Gasteiger partial charge in [-0.25, -0.2) is 9.59 Å². The molecule has 7 nitrogen and oxygen atoms in total. The van der Waals surface area contributed by atoms with E-state index in [1.54, 1.807) is 0 Å². The fourth-order valence-corrected chi connectivity index (χ4v) is 2.14. The van der Waals surface area contributed by atoms with Crippen molar-refractivity contribution in [2.75, 3.05) is 13.1 Å². The molecule has 0 aliphatic carbocycles. The summed E-state index contributed by atoms with van der Waals surface area (Å²) in [5, 5.41) is 14.3. The van der Waals surface area contributed by atoms with Crippen LogP contribution in [-0.4, -0.2) is 52.6 Å². The summed E-state index contributed by atoms with van der Waals surface area (Å²) in [5.74, 6) is -1.31. The van der Waals surface area contributed by atoms with Crippen molar-refractivity contribution >= 4 is 17.9 Å². The average Bonchev–Trinajstić information content (AvgIpc) is 2.69. The van der Waals surface area contributed by atoms with Crippen LogP contribution in [0.15, 0.2) is 0 Å². The van der Waals surface area contributed by atoms with Gasteiger partial charge in [0.2, 0.25) is 5.91 Å². The Bertz CT molecular complexity index is 383. The van der Waals surface area contributed by atoms with Gasteiger partial charge >= 0.3 is 12.0 Å². The van der Waals surface area contributed by atoms with Crippen LogP contribution >= 0.6 is 0 Å². The second kappa shape index (κ2) is 5.90. The van der Waals surface area contributed by atoms with Crippen molar-refractivity contribution < 1.29 is 19.5 Å². The Labute approximate surface area is 112 Å². The van der Waals surface area contributed by atoms with E-state index in [0.29, 0.717) is 19.4 Å². The Hall–Kier alpha value is -1.79. The molecule has 0 radical (unpaired) electrons. The molecular formula is C12H21N3O4. The van der Waals surface area contributed by atoms with Gasteiger partial charge in [0, 0.05) is 12.6 Å². The number of hydrogen-bond donors (Lipinski definition) is 3. The summed E-state index contributed by atoms with van der Waals surface area (Å²) in [6.45, 7) is 5.41. The van der Waals surface area contributed by atoms with Crippen molar-refractivity contribution in [1.82, 2.24) is 15.5 Å². The summed E-state index contributed by atoms with van der Waals surface area (Å²) in [6, 6.07) is -0.512. The van der Waals surface area contributed by atoms with Crippen LogP contribution in [0.25, 0.3) is 0 Å². The molecule has 0 aromatic rings. The van der Waals surface area contributed by atoms with Crippen molar-refractivity contribution in [3.63, 3.8) is 0 Å². The van der Waals surface area contributed by atoms with Gasteiger partial charge in [-0.15, -0.1) is 0 Å². The molecule has 0 saturated carbocycles. The third-order valence-electron chi connectivity index (χ3n) is 3.20. The Morgan fingerprint density at radius 1 is 1.37 bits per heavy atom. The van der Waals surface area contributed by atoms with Crippen molar-refractivity contribution in [2.24, 2.45) is 0 Å². The average molecular weight is 271 g/mol. The lowest BCUT2D eigenvalue weighted by Gasteiger charge is -2.31. The van der Waals surface area contributed by atoms with Crippen LogP contribution in [0.1, 0.15) is 33.6 Å². The van der Waals surface area contributed by atoms with Crippen LogP contribution < -0.4 is 10.6 Å². The number of hydrogen-bond acceptors (Lipinski definition) is 3. The molecular weight excluding hydrogens is 250 g/mol. The van der Waals surface area contributed by atoms with E-state index < -0.39 is 17.5 Å². The summed E-state index contributed by atoms with van der Waals surface area (Å²) in [6.07, 6.45) is 1.07. The summed E-state index contributed by atoms with van der Waals surface area (Å²) in [4.78, 5) is 35.8. The number of nitrogens with one attached hydrogen (secondary N) is 2. The van der Waals surface area contributed by atoms with Crippen LogP contribution in [0, 0.1) is 0 Å². The number of carbonyl (C=O) groups excluding carboxylic acids is 2. The fraction of sp³-hybridized carbons (Fsp3) is 0.750. The van der Waals surface area contributed by atoms with E-state index in [-0.39, 0.29) is 18.5 Å². The molecule has 7 heteroatoms. The summed E-state index contributed by atoms with van der Waals surface area (Å²) >= 11 is 0. The maximum Gasteiger partial charge on any atom is 0.329 e. The molecule has 1 aliphatic heterocycles. The van der Waals surface area contributed by atoms with Crippen LogP contribution in [0.2, 0.25) is 0 Å². The van der Waals surface area contributed by atoms with Crippen LogP contribution in [0.3, 0.4) is 0 Å². The number of nitrogens with zero attached hydrogens (tertiary/aromatic N) is 1. The predicted molar refractivity (Wildman–Crippen MR) is 68.7 cm³/mol. The summed E-state index contributed by atoms with van der Waals surface area (Å²) < 4.78 is 0. The standard InChI is InChI=1S/C12H21N3O4/c1-8(2)14-9(16)7-13-11(19)15-6-4-5-12(15,3)10(17)18/h8H,4-7H2,1-3H3,(H,13,19)(H,14,16)(H,17,18). The zero-order chi connectivity index (χ0) is 14.6. The highest BCUT2D eigenvalue weighted by Gasteiger charge is 2.45. The minimum absolute atomic E-state index is 0.000439. The smallest absolute Gasteiger partial charge is 0.329 e. The van der Waals surface area contributed by atoms with Gasteiger partial charge in [0.25, 0.3) is 0 Å². The highest BCUT2D eigenvalue weighted by atomic mass is 16.4. The van der Waals surface area contributed by atoms with E-state index in [9.17, 15) is 19.5 Å². The lowest BCUT2D eigenvalue weighted by Crippen LogP contribution is -2.55. The molecule has 0 spiro atoms. The van der Waals surface area contributed by atoms with Gasteiger partial charge in [-0.2, -0.15) is 0 Å². The highest BCUT2D eigenvalue weighted by Crippen LogP contribution is 2.28. The number of aliphatic carboxylic acids is 1. The van der Waals surface area contributed by atoms with Crippen LogP contribution in [0.4, 0.5) is 4.79 Å². The quantitative estimate of drug-likeness (QED) is 0.678. The number of amides is 3. The first-order valence-corrected chi connectivity index (χ1v) is 6.35. The van der Waals surface area contributed by atoms with E-state index in [4.69, 9.17) is 0 Å². The molecule has 1 atom stereocenters. The second-order valence-corrected chi connectivity index (χ2v) is 5.22. The molecule has 1 unspecified atom stereocenters. The first-order chi connectivity index (χ1) is 8.77. The number of likely N-dealkylation sites (tertiary alicyclic amines) is 1. The van der Waals surface area contributed by atoms with Gasteiger partial charge in [0.1, 0.15) is 5.54 Å². The largest absolute Gasteiger partial charge is 0.480 e. The van der Waals surface area contributed by atoms with Crippen LogP contribution in [-0.2, 0) is 9.59 Å². The van der Waals surface area contributed by atoms with E-state index >= 15 is 0 Å². The molecule has 1 heterocycles. The number of rotatable bonds is 4. The first-order valence-electron chi connectivity index (χ1n) is 6.35. The van der Waals surface area contributed by atoms with Crippen molar-refractivity contribution in [2.45, 2.75) is 45.2 Å². The third kappa shape index (κ3) is 3.59. The third-order valence-corrected chi connectivity index (χ3v) is 3.20. The molecule has 1 saturated heterocycles. The molecule has 3 amide bonds. The van der Waals surface area contributed by atoms with Crippen molar-refractivity contribution in [1.29, 1.82) is 0 Å². The SMILES string of the molecule is CC(C)NC(=O)CNC(=O)N1CCCC1(C)C(=O)O. The van der Waals surface area contributed by atoms with Gasteiger partial charge in [0.05, 0.1) is 6.54 Å². The Morgan fingerprint density at radius 3 is 2.53 bits per heavy atom. The van der Waals surface area contributed by atoms with Gasteiger partial charge < -0.3 is 20.6 Å².